The van der Waals surface area contributed by atoms with Gasteiger partial charge in [-0.05, 0) is 58.7 Å². The summed E-state index contributed by atoms with van der Waals surface area (Å²) in [6.07, 6.45) is 0. The highest BCUT2D eigenvalue weighted by Gasteiger charge is 2.10. The van der Waals surface area contributed by atoms with Crippen molar-refractivity contribution in [1.29, 1.82) is 0 Å². The summed E-state index contributed by atoms with van der Waals surface area (Å²) in [4.78, 5) is 12.1. The van der Waals surface area contributed by atoms with Crippen LogP contribution >= 0.6 is 39.1 Å². The average molecular weight is 359 g/mol. The number of halogens is 3. The molecule has 0 saturated heterocycles. The van der Waals surface area contributed by atoms with Crippen LogP contribution in [-0.2, 0) is 0 Å². The van der Waals surface area contributed by atoms with Crippen molar-refractivity contribution in [3.8, 4) is 0 Å². The first kappa shape index (κ1) is 14.4. The molecule has 98 valence electrons. The zero-order valence-corrected chi connectivity index (χ0v) is 13.1. The van der Waals surface area contributed by atoms with Crippen molar-refractivity contribution in [3.05, 3.63) is 62.0 Å². The smallest absolute Gasteiger partial charge is 0.255 e. The number of hydrogen-bond acceptors (Lipinski definition) is 1. The summed E-state index contributed by atoms with van der Waals surface area (Å²) in [7, 11) is 0. The van der Waals surface area contributed by atoms with E-state index in [1.54, 1.807) is 24.3 Å². The molecule has 0 spiro atoms. The third-order valence-corrected chi connectivity index (χ3v) is 4.10. The first-order valence-corrected chi connectivity index (χ1v) is 7.05. The van der Waals surface area contributed by atoms with Gasteiger partial charge >= 0.3 is 0 Å². The number of amides is 1. The summed E-state index contributed by atoms with van der Waals surface area (Å²) >= 11 is 15.2. The number of nitrogens with one attached hydrogen (secondary N) is 1. The molecule has 0 saturated carbocycles. The second kappa shape index (κ2) is 5.95. The molecule has 0 aliphatic carbocycles. The molecule has 0 atom stereocenters. The molecule has 2 aromatic rings. The Bertz CT molecular complexity index is 643. The van der Waals surface area contributed by atoms with Gasteiger partial charge in [0.05, 0.1) is 15.7 Å². The fourth-order valence-corrected chi connectivity index (χ4v) is 2.23. The van der Waals surface area contributed by atoms with E-state index in [1.165, 1.54) is 0 Å². The number of anilines is 1. The minimum Gasteiger partial charge on any atom is -0.321 e. The molecule has 2 aromatic carbocycles. The standard InChI is InChI=1S/C14H10BrCl2NO/c1-8-2-4-12(17)13(6-8)18-14(19)9-3-5-11(16)10(15)7-9/h2-7H,1H3,(H,18,19). The van der Waals surface area contributed by atoms with Crippen LogP contribution in [0.5, 0.6) is 0 Å². The summed E-state index contributed by atoms with van der Waals surface area (Å²) in [6, 6.07) is 10.5. The van der Waals surface area contributed by atoms with Gasteiger partial charge in [-0.25, -0.2) is 0 Å². The number of hydrogen-bond donors (Lipinski definition) is 1. The lowest BCUT2D eigenvalue weighted by atomic mass is 10.2. The number of rotatable bonds is 2. The Morgan fingerprint density at radius 1 is 1.11 bits per heavy atom. The van der Waals surface area contributed by atoms with Gasteiger partial charge in [-0.15, -0.1) is 0 Å². The first-order chi connectivity index (χ1) is 8.97. The third kappa shape index (κ3) is 3.50. The van der Waals surface area contributed by atoms with Crippen molar-refractivity contribution in [2.24, 2.45) is 0 Å². The molecular formula is C14H10BrCl2NO. The van der Waals surface area contributed by atoms with E-state index < -0.39 is 0 Å². The lowest BCUT2D eigenvalue weighted by Gasteiger charge is -2.08. The molecule has 0 bridgehead atoms. The van der Waals surface area contributed by atoms with E-state index in [0.717, 1.165) is 5.56 Å². The Balaban J connectivity index is 2.25. The monoisotopic (exact) mass is 357 g/mol. The lowest BCUT2D eigenvalue weighted by Crippen LogP contribution is -2.12. The van der Waals surface area contributed by atoms with Crippen molar-refractivity contribution >= 4 is 50.7 Å². The van der Waals surface area contributed by atoms with Crippen molar-refractivity contribution in [1.82, 2.24) is 0 Å². The Kier molecular flexibility index (Phi) is 4.50. The number of aryl methyl sites for hydroxylation is 1. The lowest BCUT2D eigenvalue weighted by molar-refractivity contribution is 0.102. The van der Waals surface area contributed by atoms with Crippen molar-refractivity contribution < 1.29 is 4.79 Å². The van der Waals surface area contributed by atoms with E-state index in [2.05, 4.69) is 21.2 Å². The van der Waals surface area contributed by atoms with Crippen LogP contribution in [0.4, 0.5) is 5.69 Å². The van der Waals surface area contributed by atoms with Crippen LogP contribution in [0.3, 0.4) is 0 Å². The maximum absolute atomic E-state index is 12.1. The molecule has 0 aliphatic rings. The predicted octanol–water partition coefficient (Wildman–Crippen LogP) is 5.32. The average Bonchev–Trinajstić information content (AvgIpc) is 2.37. The Labute approximate surface area is 129 Å². The van der Waals surface area contributed by atoms with Gasteiger partial charge in [-0.1, -0.05) is 29.3 Å². The summed E-state index contributed by atoms with van der Waals surface area (Å²) < 4.78 is 0.678. The van der Waals surface area contributed by atoms with Crippen molar-refractivity contribution in [2.45, 2.75) is 6.92 Å². The second-order valence-corrected chi connectivity index (χ2v) is 5.74. The Morgan fingerprint density at radius 3 is 2.47 bits per heavy atom. The van der Waals surface area contributed by atoms with E-state index in [-0.39, 0.29) is 5.91 Å². The quantitative estimate of drug-likeness (QED) is 0.773. The minimum absolute atomic E-state index is 0.232. The highest BCUT2D eigenvalue weighted by atomic mass is 79.9. The van der Waals surface area contributed by atoms with Crippen LogP contribution in [0.2, 0.25) is 10.0 Å². The van der Waals surface area contributed by atoms with Gasteiger partial charge in [0.25, 0.3) is 5.91 Å². The maximum atomic E-state index is 12.1. The van der Waals surface area contributed by atoms with Crippen LogP contribution in [0, 0.1) is 6.92 Å². The van der Waals surface area contributed by atoms with Gasteiger partial charge in [0.1, 0.15) is 0 Å². The van der Waals surface area contributed by atoms with Crippen molar-refractivity contribution in [3.63, 3.8) is 0 Å². The molecular weight excluding hydrogens is 349 g/mol. The zero-order valence-electron chi connectivity index (χ0n) is 10.0. The zero-order chi connectivity index (χ0) is 14.0. The number of carbonyl (C=O) groups excluding carboxylic acids is 1. The fourth-order valence-electron chi connectivity index (χ4n) is 1.57. The van der Waals surface area contributed by atoms with E-state index >= 15 is 0 Å². The summed E-state index contributed by atoms with van der Waals surface area (Å²) in [6.45, 7) is 1.94. The molecule has 19 heavy (non-hydrogen) atoms. The van der Waals surface area contributed by atoms with Gasteiger partial charge in [-0.3, -0.25) is 4.79 Å². The molecule has 2 rings (SSSR count). The van der Waals surface area contributed by atoms with Gasteiger partial charge < -0.3 is 5.32 Å². The highest BCUT2D eigenvalue weighted by Crippen LogP contribution is 2.26. The predicted molar refractivity (Wildman–Crippen MR) is 83.3 cm³/mol. The highest BCUT2D eigenvalue weighted by molar-refractivity contribution is 9.10. The van der Waals surface area contributed by atoms with E-state index in [9.17, 15) is 4.79 Å². The van der Waals surface area contributed by atoms with E-state index in [0.29, 0.717) is 25.8 Å². The topological polar surface area (TPSA) is 29.1 Å². The molecule has 0 fully saturated rings. The molecule has 5 heteroatoms. The summed E-state index contributed by atoms with van der Waals surface area (Å²) in [5.41, 5.74) is 2.13. The van der Waals surface area contributed by atoms with Crippen LogP contribution in [0.1, 0.15) is 15.9 Å². The molecule has 0 aromatic heterocycles. The molecule has 0 heterocycles. The Morgan fingerprint density at radius 2 is 1.79 bits per heavy atom. The van der Waals surface area contributed by atoms with Gasteiger partial charge in [0.2, 0.25) is 0 Å². The summed E-state index contributed by atoms with van der Waals surface area (Å²) in [5, 5.41) is 3.85. The largest absolute Gasteiger partial charge is 0.321 e. The molecule has 0 aliphatic heterocycles. The number of carbonyl (C=O) groups is 1. The van der Waals surface area contributed by atoms with Gasteiger partial charge in [0.15, 0.2) is 0 Å². The van der Waals surface area contributed by atoms with Crippen molar-refractivity contribution in [2.75, 3.05) is 5.32 Å². The van der Waals surface area contributed by atoms with Crippen LogP contribution < -0.4 is 5.32 Å². The third-order valence-electron chi connectivity index (χ3n) is 2.55. The first-order valence-electron chi connectivity index (χ1n) is 5.50. The molecule has 0 radical (unpaired) electrons. The van der Waals surface area contributed by atoms with E-state index in [1.807, 2.05) is 19.1 Å². The molecule has 1 N–H and O–H groups in total. The molecule has 1 amide bonds. The Hall–Kier alpha value is -1.03. The van der Waals surface area contributed by atoms with Crippen LogP contribution in [-0.4, -0.2) is 5.91 Å². The van der Waals surface area contributed by atoms with E-state index in [4.69, 9.17) is 23.2 Å². The van der Waals surface area contributed by atoms with Gasteiger partial charge in [-0.2, -0.15) is 0 Å². The summed E-state index contributed by atoms with van der Waals surface area (Å²) in [5.74, 6) is -0.232. The number of benzene rings is 2. The minimum atomic E-state index is -0.232. The molecule has 2 nitrogen and oxygen atoms in total. The van der Waals surface area contributed by atoms with Crippen LogP contribution in [0.25, 0.3) is 0 Å². The normalized spacial score (nSPS) is 10.3. The van der Waals surface area contributed by atoms with Crippen LogP contribution in [0.15, 0.2) is 40.9 Å². The molecule has 0 unspecified atom stereocenters. The maximum Gasteiger partial charge on any atom is 0.255 e. The van der Waals surface area contributed by atoms with Gasteiger partial charge in [0, 0.05) is 10.0 Å². The fraction of sp³-hybridized carbons (Fsp3) is 0.0714. The SMILES string of the molecule is Cc1ccc(Cl)c(NC(=O)c2ccc(Cl)c(Br)c2)c1. The second-order valence-electron chi connectivity index (χ2n) is 4.07.